The molecule has 2 fully saturated rings. The first-order valence-corrected chi connectivity index (χ1v) is 15.1. The van der Waals surface area contributed by atoms with Gasteiger partial charge in [-0.25, -0.2) is 0 Å². The minimum atomic E-state index is -0.733. The fourth-order valence-electron chi connectivity index (χ4n) is 7.67. The van der Waals surface area contributed by atoms with Crippen LogP contribution in [0.5, 0.6) is 0 Å². The van der Waals surface area contributed by atoms with Crippen LogP contribution in [0.15, 0.2) is 48.5 Å². The highest BCUT2D eigenvalue weighted by Crippen LogP contribution is 2.53. The van der Waals surface area contributed by atoms with E-state index in [1.165, 1.54) is 0 Å². The number of halogens is 1. The van der Waals surface area contributed by atoms with E-state index in [2.05, 4.69) is 24.1 Å². The summed E-state index contributed by atoms with van der Waals surface area (Å²) in [7, 11) is 0. The van der Waals surface area contributed by atoms with Gasteiger partial charge in [-0.1, -0.05) is 83.0 Å². The molecule has 1 spiro atoms. The van der Waals surface area contributed by atoms with Crippen LogP contribution in [0.3, 0.4) is 0 Å². The smallest absolute Gasteiger partial charge is 0.268 e. The van der Waals surface area contributed by atoms with Crippen molar-refractivity contribution in [1.29, 1.82) is 0 Å². The molecule has 41 heavy (non-hydrogen) atoms. The number of H-pyrrole nitrogens is 1. The summed E-state index contributed by atoms with van der Waals surface area (Å²) in [5.41, 5.74) is 1.88. The van der Waals surface area contributed by atoms with Crippen molar-refractivity contribution in [2.24, 2.45) is 11.3 Å². The number of carbonyl (C=O) groups excluding carboxylic acids is 3. The van der Waals surface area contributed by atoms with Crippen molar-refractivity contribution < 1.29 is 14.4 Å². The molecule has 4 heterocycles. The van der Waals surface area contributed by atoms with Crippen LogP contribution in [0.2, 0.25) is 5.02 Å². The first-order chi connectivity index (χ1) is 19.5. The van der Waals surface area contributed by atoms with E-state index in [9.17, 15) is 14.4 Å². The monoisotopic (exact) mass is 574 g/mol. The van der Waals surface area contributed by atoms with Crippen LogP contribution in [-0.2, 0) is 4.79 Å². The number of carbonyl (C=O) groups is 3. The highest BCUT2D eigenvalue weighted by atomic mass is 35.5. The number of nitrogens with one attached hydrogen (secondary N) is 2. The Balaban J connectivity index is 1.36. The zero-order valence-corrected chi connectivity index (χ0v) is 25.2. The van der Waals surface area contributed by atoms with Crippen molar-refractivity contribution in [3.8, 4) is 0 Å². The maximum Gasteiger partial charge on any atom is 0.268 e. The van der Waals surface area contributed by atoms with Crippen molar-refractivity contribution in [1.82, 2.24) is 20.1 Å². The standard InChI is InChI=1S/C33H39ClN4O3/c1-6-10-22-19(2)33-16-21(37(18-33)30(40)27-23(22)12-9-13-24(27)34)17-38(33)31(41)28(32(3,4)5)36-29(39)26-15-20-11-7-8-14-25(20)35-26/h7-9,11-15,19,21-22,28,35H,6,10,16-18H2,1-5H3,(H,36,39). The lowest BCUT2D eigenvalue weighted by molar-refractivity contribution is -0.144. The van der Waals surface area contributed by atoms with E-state index < -0.39 is 17.0 Å². The number of nitrogens with zero attached hydrogens (tertiary/aromatic N) is 2. The average Bonchev–Trinajstić information content (AvgIpc) is 3.65. The Morgan fingerprint density at radius 1 is 1.17 bits per heavy atom. The van der Waals surface area contributed by atoms with E-state index in [1.807, 2.05) is 73.0 Å². The van der Waals surface area contributed by atoms with Crippen LogP contribution in [0.4, 0.5) is 0 Å². The van der Waals surface area contributed by atoms with Crippen molar-refractivity contribution >= 4 is 40.2 Å². The van der Waals surface area contributed by atoms with Crippen LogP contribution >= 0.6 is 11.6 Å². The van der Waals surface area contributed by atoms with Gasteiger partial charge in [-0.3, -0.25) is 14.4 Å². The minimum absolute atomic E-state index is 0.0305. The zero-order valence-electron chi connectivity index (χ0n) is 24.5. The molecule has 3 aliphatic heterocycles. The zero-order chi connectivity index (χ0) is 29.3. The Bertz CT molecular complexity index is 1510. The third-order valence-electron chi connectivity index (χ3n) is 9.80. The summed E-state index contributed by atoms with van der Waals surface area (Å²) in [6.07, 6.45) is 2.60. The molecule has 0 aliphatic carbocycles. The fraction of sp³-hybridized carbons (Fsp3) is 0.485. The van der Waals surface area contributed by atoms with Gasteiger partial charge in [0, 0.05) is 24.0 Å². The number of amides is 3. The molecular formula is C33H39ClN4O3. The van der Waals surface area contributed by atoms with Crippen molar-refractivity contribution in [3.05, 3.63) is 70.4 Å². The van der Waals surface area contributed by atoms with Crippen LogP contribution < -0.4 is 5.32 Å². The molecule has 2 saturated heterocycles. The van der Waals surface area contributed by atoms with E-state index in [1.54, 1.807) is 6.07 Å². The Morgan fingerprint density at radius 2 is 1.93 bits per heavy atom. The molecule has 0 saturated carbocycles. The van der Waals surface area contributed by atoms with Crippen LogP contribution in [0, 0.1) is 11.3 Å². The molecule has 0 radical (unpaired) electrons. The quantitative estimate of drug-likeness (QED) is 0.392. The second-order valence-corrected chi connectivity index (χ2v) is 13.7. The normalized spacial score (nSPS) is 26.1. The third kappa shape index (κ3) is 4.35. The number of likely N-dealkylation sites (tertiary alicyclic amines) is 1. The van der Waals surface area contributed by atoms with Gasteiger partial charge in [-0.05, 0) is 53.9 Å². The fourth-order valence-corrected chi connectivity index (χ4v) is 7.93. The van der Waals surface area contributed by atoms with Gasteiger partial charge in [-0.2, -0.15) is 0 Å². The average molecular weight is 575 g/mol. The molecule has 6 rings (SSSR count). The maximum atomic E-state index is 14.6. The SMILES string of the molecule is CCCC1c2cccc(Cl)c2C(=O)N2CC3(CC2CN3C(=O)C(NC(=O)c2cc3ccccc3[nH]2)C(C)(C)C)C1C. The molecule has 2 N–H and O–H groups in total. The largest absolute Gasteiger partial charge is 0.351 e. The minimum Gasteiger partial charge on any atom is -0.351 e. The third-order valence-corrected chi connectivity index (χ3v) is 10.1. The first-order valence-electron chi connectivity index (χ1n) is 14.8. The number of hydrogen-bond donors (Lipinski definition) is 2. The van der Waals surface area contributed by atoms with Crippen LogP contribution in [-0.4, -0.2) is 63.2 Å². The number of rotatable bonds is 5. The first kappa shape index (κ1) is 27.8. The summed E-state index contributed by atoms with van der Waals surface area (Å²) < 4.78 is 0. The van der Waals surface area contributed by atoms with Gasteiger partial charge in [0.1, 0.15) is 11.7 Å². The lowest BCUT2D eigenvalue weighted by Gasteiger charge is -2.51. The van der Waals surface area contributed by atoms with Gasteiger partial charge in [0.25, 0.3) is 11.8 Å². The summed E-state index contributed by atoms with van der Waals surface area (Å²) in [6, 6.07) is 14.5. The van der Waals surface area contributed by atoms with Gasteiger partial charge in [0.05, 0.1) is 22.2 Å². The van der Waals surface area contributed by atoms with E-state index >= 15 is 0 Å². The number of fused-ring (bicyclic) bond motifs is 5. The Labute approximate surface area is 246 Å². The van der Waals surface area contributed by atoms with Crippen molar-refractivity contribution in [2.45, 2.75) is 77.4 Å². The van der Waals surface area contributed by atoms with E-state index in [4.69, 9.17) is 11.6 Å². The maximum absolute atomic E-state index is 14.6. The molecule has 1 aromatic heterocycles. The second-order valence-electron chi connectivity index (χ2n) is 13.3. The predicted octanol–water partition coefficient (Wildman–Crippen LogP) is 5.99. The van der Waals surface area contributed by atoms with Crippen LogP contribution in [0.25, 0.3) is 10.9 Å². The van der Waals surface area contributed by atoms with Gasteiger partial charge >= 0.3 is 0 Å². The lowest BCUT2D eigenvalue weighted by atomic mass is 9.69. The second kappa shape index (κ2) is 9.90. The summed E-state index contributed by atoms with van der Waals surface area (Å²) in [4.78, 5) is 49.2. The molecule has 3 amide bonds. The van der Waals surface area contributed by atoms with Gasteiger partial charge in [-0.15, -0.1) is 0 Å². The Hall–Kier alpha value is -3.32. The summed E-state index contributed by atoms with van der Waals surface area (Å²) in [6.45, 7) is 11.3. The summed E-state index contributed by atoms with van der Waals surface area (Å²) >= 11 is 6.65. The number of aromatic amines is 1. The van der Waals surface area contributed by atoms with Crippen molar-refractivity contribution in [2.75, 3.05) is 13.1 Å². The van der Waals surface area contributed by atoms with E-state index in [0.717, 1.165) is 35.7 Å². The van der Waals surface area contributed by atoms with Crippen molar-refractivity contribution in [3.63, 3.8) is 0 Å². The van der Waals surface area contributed by atoms with Gasteiger partial charge in [0.15, 0.2) is 0 Å². The topological polar surface area (TPSA) is 85.5 Å². The number of benzene rings is 2. The number of aromatic nitrogens is 1. The number of piperazine rings is 1. The molecule has 216 valence electrons. The molecule has 5 atom stereocenters. The van der Waals surface area contributed by atoms with Gasteiger partial charge < -0.3 is 20.1 Å². The molecule has 3 bridgehead atoms. The Kier molecular flexibility index (Phi) is 6.72. The predicted molar refractivity (Wildman–Crippen MR) is 161 cm³/mol. The number of para-hydroxylation sites is 1. The molecular weight excluding hydrogens is 536 g/mol. The molecule has 7 nitrogen and oxygen atoms in total. The van der Waals surface area contributed by atoms with E-state index in [0.29, 0.717) is 29.4 Å². The highest BCUT2D eigenvalue weighted by Gasteiger charge is 2.63. The van der Waals surface area contributed by atoms with Crippen LogP contribution in [0.1, 0.15) is 86.2 Å². The highest BCUT2D eigenvalue weighted by molar-refractivity contribution is 6.34. The molecule has 8 heteroatoms. The lowest BCUT2D eigenvalue weighted by Crippen LogP contribution is -2.66. The number of hydrogen-bond acceptors (Lipinski definition) is 3. The molecule has 3 aromatic rings. The molecule has 3 aliphatic rings. The van der Waals surface area contributed by atoms with E-state index in [-0.39, 0.29) is 35.6 Å². The van der Waals surface area contributed by atoms with Gasteiger partial charge in [0.2, 0.25) is 5.91 Å². The molecule has 2 aromatic carbocycles. The summed E-state index contributed by atoms with van der Waals surface area (Å²) in [5.74, 6) is -0.230. The molecule has 5 unspecified atom stereocenters. The Morgan fingerprint density at radius 3 is 2.63 bits per heavy atom. The summed E-state index contributed by atoms with van der Waals surface area (Å²) in [5, 5.41) is 4.54.